The van der Waals surface area contributed by atoms with Gasteiger partial charge in [-0.15, -0.1) is 0 Å². The molecule has 5 rings (SSSR count). The third kappa shape index (κ3) is 3.09. The highest BCUT2D eigenvalue weighted by molar-refractivity contribution is 5.82. The van der Waals surface area contributed by atoms with E-state index in [1.807, 2.05) is 60.7 Å². The molecule has 3 aliphatic heterocycles. The van der Waals surface area contributed by atoms with E-state index in [0.29, 0.717) is 0 Å². The SMILES string of the molecule is O=C(OC1CC2CCN1CC2)C(c1ccccc1)c1ccccc1. The first-order chi connectivity index (χ1) is 11.8. The van der Waals surface area contributed by atoms with Crippen LogP contribution in [0.5, 0.6) is 0 Å². The Morgan fingerprint density at radius 3 is 1.92 bits per heavy atom. The molecular formula is C21H23NO2. The third-order valence-corrected chi connectivity index (χ3v) is 5.35. The maximum absolute atomic E-state index is 13.0. The number of rotatable bonds is 4. The molecule has 3 nitrogen and oxygen atoms in total. The Morgan fingerprint density at radius 2 is 1.46 bits per heavy atom. The van der Waals surface area contributed by atoms with Gasteiger partial charge in [-0.2, -0.15) is 0 Å². The van der Waals surface area contributed by atoms with Crippen LogP contribution in [0.3, 0.4) is 0 Å². The summed E-state index contributed by atoms with van der Waals surface area (Å²) in [4.78, 5) is 15.4. The Kier molecular flexibility index (Phi) is 4.35. The molecule has 0 aliphatic carbocycles. The van der Waals surface area contributed by atoms with E-state index < -0.39 is 0 Å². The predicted molar refractivity (Wildman–Crippen MR) is 93.5 cm³/mol. The van der Waals surface area contributed by atoms with Crippen molar-refractivity contribution in [2.75, 3.05) is 13.1 Å². The molecule has 0 N–H and O–H groups in total. The van der Waals surface area contributed by atoms with E-state index in [4.69, 9.17) is 4.74 Å². The highest BCUT2D eigenvalue weighted by atomic mass is 16.6. The lowest BCUT2D eigenvalue weighted by atomic mass is 9.87. The maximum Gasteiger partial charge on any atom is 0.319 e. The molecule has 3 saturated heterocycles. The van der Waals surface area contributed by atoms with Crippen LogP contribution in [0.15, 0.2) is 60.7 Å². The van der Waals surface area contributed by atoms with Crippen molar-refractivity contribution in [3.8, 4) is 0 Å². The standard InChI is InChI=1S/C21H23NO2/c23-21(24-19-15-16-11-13-22(19)14-12-16)20(17-7-3-1-4-8-17)18-9-5-2-6-10-18/h1-10,16,19-20H,11-15H2. The number of carbonyl (C=O) groups excluding carboxylic acids is 1. The van der Waals surface area contributed by atoms with Crippen molar-refractivity contribution in [3.05, 3.63) is 71.8 Å². The summed E-state index contributed by atoms with van der Waals surface area (Å²) in [5, 5.41) is 0. The first kappa shape index (κ1) is 15.4. The van der Waals surface area contributed by atoms with Crippen LogP contribution < -0.4 is 0 Å². The van der Waals surface area contributed by atoms with Gasteiger partial charge in [0.05, 0.1) is 0 Å². The van der Waals surface area contributed by atoms with Crippen molar-refractivity contribution in [1.82, 2.24) is 4.90 Å². The second kappa shape index (κ2) is 6.78. The topological polar surface area (TPSA) is 29.5 Å². The van der Waals surface area contributed by atoms with Crippen LogP contribution in [0.4, 0.5) is 0 Å². The largest absolute Gasteiger partial charge is 0.446 e. The van der Waals surface area contributed by atoms with E-state index in [1.54, 1.807) is 0 Å². The number of fused-ring (bicyclic) bond motifs is 3. The molecule has 0 spiro atoms. The lowest BCUT2D eigenvalue weighted by molar-refractivity contribution is -0.171. The van der Waals surface area contributed by atoms with Gasteiger partial charge < -0.3 is 4.74 Å². The minimum Gasteiger partial charge on any atom is -0.446 e. The molecular weight excluding hydrogens is 298 g/mol. The minimum absolute atomic E-state index is 0.0417. The van der Waals surface area contributed by atoms with Crippen LogP contribution in [0.25, 0.3) is 0 Å². The number of hydrogen-bond acceptors (Lipinski definition) is 3. The van der Waals surface area contributed by atoms with Crippen molar-refractivity contribution in [1.29, 1.82) is 0 Å². The van der Waals surface area contributed by atoms with Crippen LogP contribution in [0.1, 0.15) is 36.3 Å². The molecule has 2 aromatic carbocycles. The molecule has 3 heteroatoms. The predicted octanol–water partition coefficient (Wildman–Crippen LogP) is 3.80. The fraction of sp³-hybridized carbons (Fsp3) is 0.381. The van der Waals surface area contributed by atoms with E-state index in [-0.39, 0.29) is 18.1 Å². The second-order valence-electron chi connectivity index (χ2n) is 6.86. The number of carbonyl (C=O) groups is 1. The molecule has 0 saturated carbocycles. The summed E-state index contributed by atoms with van der Waals surface area (Å²) in [6, 6.07) is 19.9. The zero-order chi connectivity index (χ0) is 16.4. The Labute approximate surface area is 143 Å². The quantitative estimate of drug-likeness (QED) is 0.802. The summed E-state index contributed by atoms with van der Waals surface area (Å²) in [7, 11) is 0. The summed E-state index contributed by atoms with van der Waals surface area (Å²) in [6.07, 6.45) is 3.44. The normalized spacial score (nSPS) is 25.6. The van der Waals surface area contributed by atoms with Crippen LogP contribution in [0, 0.1) is 5.92 Å². The summed E-state index contributed by atoms with van der Waals surface area (Å²) < 4.78 is 5.98. The van der Waals surface area contributed by atoms with Crippen LogP contribution in [0.2, 0.25) is 0 Å². The lowest BCUT2D eigenvalue weighted by Crippen LogP contribution is -2.50. The van der Waals surface area contributed by atoms with E-state index in [1.165, 1.54) is 12.8 Å². The average Bonchev–Trinajstić information content (AvgIpc) is 2.65. The van der Waals surface area contributed by atoms with Gasteiger partial charge >= 0.3 is 5.97 Å². The average molecular weight is 321 g/mol. The highest BCUT2D eigenvalue weighted by Crippen LogP contribution is 2.34. The minimum atomic E-state index is -0.353. The maximum atomic E-state index is 13.0. The van der Waals surface area contributed by atoms with Gasteiger partial charge in [0.25, 0.3) is 0 Å². The molecule has 2 bridgehead atoms. The molecule has 3 heterocycles. The second-order valence-corrected chi connectivity index (χ2v) is 6.86. The summed E-state index contributed by atoms with van der Waals surface area (Å²) in [5.74, 6) is 0.235. The third-order valence-electron chi connectivity index (χ3n) is 5.35. The van der Waals surface area contributed by atoms with Gasteiger partial charge in [-0.05, 0) is 29.9 Å². The van der Waals surface area contributed by atoms with Gasteiger partial charge in [0.2, 0.25) is 0 Å². The number of hydrogen-bond donors (Lipinski definition) is 0. The molecule has 0 amide bonds. The first-order valence-corrected chi connectivity index (χ1v) is 8.85. The van der Waals surface area contributed by atoms with Gasteiger partial charge in [-0.25, -0.2) is 0 Å². The van der Waals surface area contributed by atoms with Crippen molar-refractivity contribution in [2.45, 2.75) is 31.4 Å². The van der Waals surface area contributed by atoms with Crippen LogP contribution in [-0.4, -0.2) is 30.2 Å². The van der Waals surface area contributed by atoms with Crippen molar-refractivity contribution in [3.63, 3.8) is 0 Å². The van der Waals surface area contributed by atoms with Gasteiger partial charge in [0.1, 0.15) is 5.92 Å². The van der Waals surface area contributed by atoms with Crippen LogP contribution >= 0.6 is 0 Å². The van der Waals surface area contributed by atoms with Gasteiger partial charge in [-0.3, -0.25) is 9.69 Å². The molecule has 2 aromatic rings. The van der Waals surface area contributed by atoms with E-state index in [0.717, 1.165) is 36.6 Å². The van der Waals surface area contributed by atoms with Gasteiger partial charge in [0.15, 0.2) is 6.23 Å². The lowest BCUT2D eigenvalue weighted by Gasteiger charge is -2.44. The molecule has 0 radical (unpaired) electrons. The number of esters is 1. The zero-order valence-corrected chi connectivity index (χ0v) is 13.8. The monoisotopic (exact) mass is 321 g/mol. The Morgan fingerprint density at radius 1 is 0.917 bits per heavy atom. The molecule has 0 aromatic heterocycles. The molecule has 24 heavy (non-hydrogen) atoms. The first-order valence-electron chi connectivity index (χ1n) is 8.85. The number of nitrogens with zero attached hydrogens (tertiary/aromatic N) is 1. The van der Waals surface area contributed by atoms with E-state index in [9.17, 15) is 4.79 Å². The van der Waals surface area contributed by atoms with Crippen LogP contribution in [-0.2, 0) is 9.53 Å². The summed E-state index contributed by atoms with van der Waals surface area (Å²) >= 11 is 0. The van der Waals surface area contributed by atoms with Gasteiger partial charge in [-0.1, -0.05) is 60.7 Å². The molecule has 3 aliphatic rings. The smallest absolute Gasteiger partial charge is 0.319 e. The summed E-state index contributed by atoms with van der Waals surface area (Å²) in [5.41, 5.74) is 1.98. The molecule has 3 fully saturated rings. The zero-order valence-electron chi connectivity index (χ0n) is 13.8. The van der Waals surface area contributed by atoms with Crippen molar-refractivity contribution >= 4 is 5.97 Å². The molecule has 1 atom stereocenters. The van der Waals surface area contributed by atoms with E-state index in [2.05, 4.69) is 4.90 Å². The fourth-order valence-corrected chi connectivity index (χ4v) is 3.99. The van der Waals surface area contributed by atoms with E-state index >= 15 is 0 Å². The fourth-order valence-electron chi connectivity index (χ4n) is 3.99. The summed E-state index contributed by atoms with van der Waals surface area (Å²) in [6.45, 7) is 2.12. The Balaban J connectivity index is 1.58. The van der Waals surface area contributed by atoms with Crippen molar-refractivity contribution < 1.29 is 9.53 Å². The number of piperidine rings is 3. The van der Waals surface area contributed by atoms with Crippen molar-refractivity contribution in [2.24, 2.45) is 5.92 Å². The van der Waals surface area contributed by atoms with Gasteiger partial charge in [0, 0.05) is 19.5 Å². The number of benzene rings is 2. The Bertz CT molecular complexity index is 638. The molecule has 124 valence electrons. The Hall–Kier alpha value is -2.13. The molecule has 1 unspecified atom stereocenters. The highest BCUT2D eigenvalue weighted by Gasteiger charge is 2.37. The number of ether oxygens (including phenoxy) is 1.